The molecule has 1 atom stereocenters. The number of benzene rings is 2. The van der Waals surface area contributed by atoms with E-state index in [1.807, 2.05) is 0 Å². The number of rotatable bonds is 9. The summed E-state index contributed by atoms with van der Waals surface area (Å²) >= 11 is 6.70. The number of nitrogens with one attached hydrogen (secondary N) is 1. The van der Waals surface area contributed by atoms with E-state index in [9.17, 15) is 28.2 Å². The number of anilines is 1. The van der Waals surface area contributed by atoms with Crippen LogP contribution < -0.4 is 40.0 Å². The van der Waals surface area contributed by atoms with Crippen LogP contribution in [-0.4, -0.2) is 47.5 Å². The molecule has 0 radical (unpaired) electrons. The number of amides is 1. The summed E-state index contributed by atoms with van der Waals surface area (Å²) in [7, 11) is -4.20. The number of aliphatic hydroxyl groups is 1. The number of thioether (sulfide) groups is 1. The van der Waals surface area contributed by atoms with Crippen molar-refractivity contribution in [1.82, 2.24) is 4.98 Å². The van der Waals surface area contributed by atoms with Crippen LogP contribution in [0.2, 0.25) is 5.02 Å². The van der Waals surface area contributed by atoms with E-state index in [0.717, 1.165) is 11.8 Å². The normalized spacial score (nSPS) is 12.8. The molecular formula is C22H18ClN2NaO6S2. The molecule has 0 saturated heterocycles. The van der Waals surface area contributed by atoms with E-state index in [0.29, 0.717) is 21.3 Å². The summed E-state index contributed by atoms with van der Waals surface area (Å²) in [5, 5.41) is 25.6. The van der Waals surface area contributed by atoms with Crippen LogP contribution in [0.4, 0.5) is 5.69 Å². The number of sulfone groups is 1. The Morgan fingerprint density at radius 1 is 1.06 bits per heavy atom. The second kappa shape index (κ2) is 12.2. The summed E-state index contributed by atoms with van der Waals surface area (Å²) in [6.07, 6.45) is 1.49. The maximum atomic E-state index is 12.8. The summed E-state index contributed by atoms with van der Waals surface area (Å²) in [5.74, 6) is -3.87. The molecule has 0 aliphatic carbocycles. The van der Waals surface area contributed by atoms with Gasteiger partial charge in [0.1, 0.15) is 5.60 Å². The number of aliphatic carboxylic acids is 1. The van der Waals surface area contributed by atoms with Crippen LogP contribution in [0.15, 0.2) is 82.8 Å². The van der Waals surface area contributed by atoms with Crippen LogP contribution in [0.1, 0.15) is 10.4 Å². The van der Waals surface area contributed by atoms with Crippen LogP contribution in [0.5, 0.6) is 0 Å². The van der Waals surface area contributed by atoms with Crippen molar-refractivity contribution in [2.75, 3.05) is 16.8 Å². The Balaban J connectivity index is 0.00000408. The molecule has 12 heteroatoms. The molecule has 0 aliphatic heterocycles. The van der Waals surface area contributed by atoms with E-state index in [1.54, 1.807) is 42.5 Å². The number of carbonyl (C=O) groups is 2. The second-order valence-corrected chi connectivity index (χ2v) is 10.4. The molecule has 2 aromatic carbocycles. The van der Waals surface area contributed by atoms with E-state index in [4.69, 9.17) is 11.6 Å². The maximum Gasteiger partial charge on any atom is 1.00 e. The molecule has 1 aromatic heterocycles. The molecule has 0 saturated carbocycles. The average Bonchev–Trinajstić information content (AvgIpc) is 2.79. The predicted octanol–water partition coefficient (Wildman–Crippen LogP) is -0.962. The quantitative estimate of drug-likeness (QED) is 0.268. The number of carboxylic acid groups (broad SMARTS) is 1. The van der Waals surface area contributed by atoms with E-state index >= 15 is 0 Å². The van der Waals surface area contributed by atoms with Gasteiger partial charge < -0.3 is 20.3 Å². The first-order valence-electron chi connectivity index (χ1n) is 9.46. The number of pyridine rings is 1. The summed E-state index contributed by atoms with van der Waals surface area (Å²) < 4.78 is 25.5. The fraction of sp³-hybridized carbons (Fsp3) is 0.136. The summed E-state index contributed by atoms with van der Waals surface area (Å²) in [5.41, 5.74) is -1.95. The van der Waals surface area contributed by atoms with Crippen molar-refractivity contribution in [1.29, 1.82) is 0 Å². The molecule has 0 spiro atoms. The zero-order valence-corrected chi connectivity index (χ0v) is 22.4. The Labute approximate surface area is 228 Å². The fourth-order valence-electron chi connectivity index (χ4n) is 2.73. The molecule has 1 heterocycles. The van der Waals surface area contributed by atoms with Crippen molar-refractivity contribution in [3.63, 3.8) is 0 Å². The van der Waals surface area contributed by atoms with Crippen LogP contribution in [0, 0.1) is 0 Å². The predicted molar refractivity (Wildman–Crippen MR) is 123 cm³/mol. The summed E-state index contributed by atoms with van der Waals surface area (Å²) in [6.45, 7) is 0. The average molecular weight is 529 g/mol. The number of hydrogen-bond donors (Lipinski definition) is 2. The van der Waals surface area contributed by atoms with Crippen molar-refractivity contribution in [3.05, 3.63) is 83.5 Å². The van der Waals surface area contributed by atoms with Gasteiger partial charge in [0.2, 0.25) is 0 Å². The second-order valence-electron chi connectivity index (χ2n) is 7.02. The SMILES string of the molecule is O=C(Nc1ccc(S(=O)(=O)CC(O)(CSc2ccccn2)C(=O)[O-])cc1)c1ccc(Cl)cc1.[Na+]. The van der Waals surface area contributed by atoms with E-state index in [-0.39, 0.29) is 34.5 Å². The molecule has 0 aliphatic rings. The van der Waals surface area contributed by atoms with Crippen molar-refractivity contribution in [2.45, 2.75) is 15.5 Å². The standard InChI is InChI=1S/C22H19ClN2O6S2.Na/c23-16-6-4-15(5-7-16)20(26)25-17-8-10-18(11-9-17)33(30,31)14-22(29,21(27)28)13-32-19-3-1-2-12-24-19;/h1-12,29H,13-14H2,(H,25,26)(H,27,28);/q;+1/p-1. The topological polar surface area (TPSA) is 136 Å². The molecule has 3 rings (SSSR count). The van der Waals surface area contributed by atoms with Crippen molar-refractivity contribution < 1.29 is 57.8 Å². The van der Waals surface area contributed by atoms with Crippen LogP contribution in [-0.2, 0) is 14.6 Å². The van der Waals surface area contributed by atoms with Gasteiger partial charge in [-0.3, -0.25) is 4.79 Å². The first-order valence-corrected chi connectivity index (χ1v) is 12.5. The van der Waals surface area contributed by atoms with E-state index in [2.05, 4.69) is 10.3 Å². The van der Waals surface area contributed by atoms with Gasteiger partial charge in [0.05, 0.1) is 21.6 Å². The minimum absolute atomic E-state index is 0. The first kappa shape index (κ1) is 28.3. The van der Waals surface area contributed by atoms with Gasteiger partial charge in [0, 0.05) is 28.2 Å². The Morgan fingerprint density at radius 3 is 2.26 bits per heavy atom. The van der Waals surface area contributed by atoms with Crippen molar-refractivity contribution in [3.8, 4) is 0 Å². The van der Waals surface area contributed by atoms with Gasteiger partial charge in [0.25, 0.3) is 5.91 Å². The molecule has 2 N–H and O–H groups in total. The van der Waals surface area contributed by atoms with Crippen LogP contribution >= 0.6 is 23.4 Å². The van der Waals surface area contributed by atoms with Gasteiger partial charge in [-0.25, -0.2) is 13.4 Å². The number of carbonyl (C=O) groups excluding carboxylic acids is 2. The molecule has 34 heavy (non-hydrogen) atoms. The zero-order chi connectivity index (χ0) is 24.1. The fourth-order valence-corrected chi connectivity index (χ4v) is 5.47. The number of hydrogen-bond acceptors (Lipinski definition) is 8. The molecule has 8 nitrogen and oxygen atoms in total. The molecule has 0 fully saturated rings. The minimum atomic E-state index is -4.20. The van der Waals surface area contributed by atoms with Crippen molar-refractivity contribution in [2.24, 2.45) is 0 Å². The van der Waals surface area contributed by atoms with E-state index < -0.39 is 38.8 Å². The monoisotopic (exact) mass is 528 g/mol. The third-order valence-electron chi connectivity index (χ3n) is 4.48. The third-order valence-corrected chi connectivity index (χ3v) is 7.74. The van der Waals surface area contributed by atoms with Crippen LogP contribution in [0.3, 0.4) is 0 Å². The number of nitrogens with zero attached hydrogens (tertiary/aromatic N) is 1. The number of aromatic nitrogens is 1. The van der Waals surface area contributed by atoms with Gasteiger partial charge in [-0.15, -0.1) is 11.8 Å². The van der Waals surface area contributed by atoms with Gasteiger partial charge in [0.15, 0.2) is 9.84 Å². The third kappa shape index (κ3) is 7.54. The van der Waals surface area contributed by atoms with Gasteiger partial charge >= 0.3 is 29.6 Å². The van der Waals surface area contributed by atoms with Crippen molar-refractivity contribution >= 4 is 50.8 Å². The molecule has 0 bridgehead atoms. The zero-order valence-electron chi connectivity index (χ0n) is 18.0. The van der Waals surface area contributed by atoms with Gasteiger partial charge in [-0.1, -0.05) is 17.7 Å². The number of carboxylic acids is 1. The Kier molecular flexibility index (Phi) is 10.1. The Morgan fingerprint density at radius 2 is 1.71 bits per heavy atom. The largest absolute Gasteiger partial charge is 1.00 e. The number of halogens is 1. The van der Waals surface area contributed by atoms with E-state index in [1.165, 1.54) is 30.5 Å². The maximum absolute atomic E-state index is 12.8. The summed E-state index contributed by atoms with van der Waals surface area (Å²) in [4.78, 5) is 27.6. The molecule has 1 amide bonds. The summed E-state index contributed by atoms with van der Waals surface area (Å²) in [6, 6.07) is 16.3. The Hall–Kier alpha value is -1.92. The van der Waals surface area contributed by atoms with Crippen LogP contribution in [0.25, 0.3) is 0 Å². The van der Waals surface area contributed by atoms with Gasteiger partial charge in [-0.05, 0) is 60.7 Å². The smallest absolute Gasteiger partial charge is 0.547 e. The minimum Gasteiger partial charge on any atom is -0.547 e. The molecule has 3 aromatic rings. The molecule has 172 valence electrons. The first-order chi connectivity index (χ1) is 15.6. The van der Waals surface area contributed by atoms with Gasteiger partial charge in [-0.2, -0.15) is 0 Å². The molecular weight excluding hydrogens is 511 g/mol. The Bertz CT molecular complexity index is 1240. The molecule has 1 unspecified atom stereocenters.